The quantitative estimate of drug-likeness (QED) is 0.440. The summed E-state index contributed by atoms with van der Waals surface area (Å²) in [6, 6.07) is 9.59. The lowest BCUT2D eigenvalue weighted by Crippen LogP contribution is -2.04. The van der Waals surface area contributed by atoms with E-state index in [9.17, 15) is 10.1 Å². The van der Waals surface area contributed by atoms with E-state index < -0.39 is 0 Å². The van der Waals surface area contributed by atoms with Gasteiger partial charge in [0.25, 0.3) is 0 Å². The summed E-state index contributed by atoms with van der Waals surface area (Å²) in [5.41, 5.74) is 4.36. The minimum Gasteiger partial charge on any atom is -0.292 e. The third-order valence-corrected chi connectivity index (χ3v) is 5.03. The van der Waals surface area contributed by atoms with Crippen LogP contribution in [0, 0.1) is 18.3 Å². The van der Waals surface area contributed by atoms with E-state index in [4.69, 9.17) is 0 Å². The number of aryl methyl sites for hydroxylation is 1. The molecule has 3 aromatic rings. The van der Waals surface area contributed by atoms with Crippen LogP contribution in [0.2, 0.25) is 0 Å². The lowest BCUT2D eigenvalue weighted by atomic mass is 9.97. The SMILES string of the molecule is CCCCCCC(=O)c1cc(-c2cnn(C)c2C)c2cccc(C#N)c2n1. The van der Waals surface area contributed by atoms with Gasteiger partial charge >= 0.3 is 0 Å². The van der Waals surface area contributed by atoms with Crippen molar-refractivity contribution in [1.82, 2.24) is 14.8 Å². The molecule has 27 heavy (non-hydrogen) atoms. The first-order chi connectivity index (χ1) is 13.1. The van der Waals surface area contributed by atoms with Crippen LogP contribution < -0.4 is 0 Å². The monoisotopic (exact) mass is 360 g/mol. The number of para-hydroxylation sites is 1. The molecule has 0 aliphatic heterocycles. The Balaban J connectivity index is 2.12. The Bertz CT molecular complexity index is 1030. The zero-order valence-corrected chi connectivity index (χ0v) is 16.1. The molecule has 0 saturated heterocycles. The maximum absolute atomic E-state index is 12.8. The highest BCUT2D eigenvalue weighted by molar-refractivity contribution is 6.03. The van der Waals surface area contributed by atoms with Crippen molar-refractivity contribution in [2.75, 3.05) is 0 Å². The fourth-order valence-corrected chi connectivity index (χ4v) is 3.31. The molecule has 0 spiro atoms. The van der Waals surface area contributed by atoms with Crippen molar-refractivity contribution in [3.8, 4) is 17.2 Å². The summed E-state index contributed by atoms with van der Waals surface area (Å²) in [6.45, 7) is 4.15. The molecule has 0 fully saturated rings. The van der Waals surface area contributed by atoms with E-state index in [0.717, 1.165) is 47.9 Å². The van der Waals surface area contributed by atoms with Crippen LogP contribution in [0.15, 0.2) is 30.5 Å². The molecule has 0 saturated carbocycles. The molecule has 2 aromatic heterocycles. The van der Waals surface area contributed by atoms with Crippen molar-refractivity contribution < 1.29 is 4.79 Å². The fraction of sp³-hybridized carbons (Fsp3) is 0.364. The van der Waals surface area contributed by atoms with Crippen LogP contribution in [0.1, 0.15) is 60.8 Å². The molecule has 0 unspecified atom stereocenters. The lowest BCUT2D eigenvalue weighted by Gasteiger charge is -2.10. The van der Waals surface area contributed by atoms with E-state index in [1.807, 2.05) is 36.9 Å². The van der Waals surface area contributed by atoms with Crippen molar-refractivity contribution in [3.05, 3.63) is 47.4 Å². The van der Waals surface area contributed by atoms with Crippen molar-refractivity contribution in [1.29, 1.82) is 5.26 Å². The molecule has 5 heteroatoms. The van der Waals surface area contributed by atoms with Gasteiger partial charge in [-0.1, -0.05) is 38.3 Å². The molecule has 0 aliphatic rings. The lowest BCUT2D eigenvalue weighted by molar-refractivity contribution is 0.0974. The van der Waals surface area contributed by atoms with Gasteiger partial charge in [0.2, 0.25) is 0 Å². The van der Waals surface area contributed by atoms with Gasteiger partial charge in [0.1, 0.15) is 11.8 Å². The first kappa shape index (κ1) is 18.8. The standard InChI is InChI=1S/C22H24N4O/c1-4-5-6-7-11-21(27)20-12-18(19-14-24-26(3)15(19)2)17-10-8-9-16(13-23)22(17)25-20/h8-10,12,14H,4-7,11H2,1-3H3. The molecule has 1 aromatic carbocycles. The largest absolute Gasteiger partial charge is 0.292 e. The number of hydrogen-bond acceptors (Lipinski definition) is 4. The van der Waals surface area contributed by atoms with Crippen LogP contribution in [-0.4, -0.2) is 20.5 Å². The van der Waals surface area contributed by atoms with Gasteiger partial charge in [-0.15, -0.1) is 0 Å². The zero-order chi connectivity index (χ0) is 19.4. The van der Waals surface area contributed by atoms with Crippen LogP contribution in [-0.2, 0) is 7.05 Å². The van der Waals surface area contributed by atoms with Crippen molar-refractivity contribution >= 4 is 16.7 Å². The molecular formula is C22H24N4O. The number of carbonyl (C=O) groups is 1. The molecule has 0 N–H and O–H groups in total. The van der Waals surface area contributed by atoms with E-state index in [2.05, 4.69) is 23.1 Å². The number of rotatable bonds is 7. The van der Waals surface area contributed by atoms with Gasteiger partial charge in [-0.3, -0.25) is 9.48 Å². The number of benzene rings is 1. The average molecular weight is 360 g/mol. The number of nitriles is 1. The summed E-state index contributed by atoms with van der Waals surface area (Å²) in [5, 5.41) is 14.7. The average Bonchev–Trinajstić information content (AvgIpc) is 3.02. The topological polar surface area (TPSA) is 71.6 Å². The molecule has 2 heterocycles. The van der Waals surface area contributed by atoms with E-state index in [1.165, 1.54) is 0 Å². The van der Waals surface area contributed by atoms with Gasteiger partial charge in [0.05, 0.1) is 17.3 Å². The second-order valence-electron chi connectivity index (χ2n) is 6.87. The van der Waals surface area contributed by atoms with Crippen LogP contribution in [0.3, 0.4) is 0 Å². The van der Waals surface area contributed by atoms with Gasteiger partial charge in [-0.2, -0.15) is 10.4 Å². The smallest absolute Gasteiger partial charge is 0.181 e. The van der Waals surface area contributed by atoms with E-state index in [-0.39, 0.29) is 5.78 Å². The van der Waals surface area contributed by atoms with E-state index in [0.29, 0.717) is 23.2 Å². The predicted octanol–water partition coefficient (Wildman–Crippen LogP) is 4.97. The minimum atomic E-state index is 0.0311. The van der Waals surface area contributed by atoms with Gasteiger partial charge < -0.3 is 0 Å². The number of aromatic nitrogens is 3. The zero-order valence-electron chi connectivity index (χ0n) is 16.1. The number of Topliss-reactive ketones (excluding diaryl/α,β-unsaturated/α-hetero) is 1. The number of fused-ring (bicyclic) bond motifs is 1. The number of ketones is 1. The summed E-state index contributed by atoms with van der Waals surface area (Å²) >= 11 is 0. The van der Waals surface area contributed by atoms with Gasteiger partial charge in [-0.05, 0) is 31.0 Å². The Labute approximate surface area is 159 Å². The summed E-state index contributed by atoms with van der Waals surface area (Å²) in [5.74, 6) is 0.0311. The Morgan fingerprint density at radius 2 is 2.04 bits per heavy atom. The Kier molecular flexibility index (Phi) is 5.66. The fourth-order valence-electron chi connectivity index (χ4n) is 3.31. The third kappa shape index (κ3) is 3.75. The molecule has 0 radical (unpaired) electrons. The summed E-state index contributed by atoms with van der Waals surface area (Å²) in [4.78, 5) is 17.3. The van der Waals surface area contributed by atoms with Crippen LogP contribution >= 0.6 is 0 Å². The molecule has 0 aliphatic carbocycles. The first-order valence-electron chi connectivity index (χ1n) is 9.42. The molecule has 138 valence electrons. The number of pyridine rings is 1. The second kappa shape index (κ2) is 8.13. The highest BCUT2D eigenvalue weighted by Crippen LogP contribution is 2.32. The predicted molar refractivity (Wildman–Crippen MR) is 106 cm³/mol. The number of carbonyl (C=O) groups excluding carboxylic acids is 1. The van der Waals surface area contributed by atoms with Crippen LogP contribution in [0.25, 0.3) is 22.0 Å². The summed E-state index contributed by atoms with van der Waals surface area (Å²) in [6.07, 6.45) is 6.48. The first-order valence-corrected chi connectivity index (χ1v) is 9.42. The molecule has 0 atom stereocenters. The van der Waals surface area contributed by atoms with E-state index in [1.54, 1.807) is 12.3 Å². The normalized spacial score (nSPS) is 10.9. The Hall–Kier alpha value is -3.00. The van der Waals surface area contributed by atoms with Crippen LogP contribution in [0.4, 0.5) is 0 Å². The van der Waals surface area contributed by atoms with Crippen molar-refractivity contribution in [2.45, 2.75) is 46.0 Å². The molecular weight excluding hydrogens is 336 g/mol. The summed E-state index contributed by atoms with van der Waals surface area (Å²) < 4.78 is 1.81. The highest BCUT2D eigenvalue weighted by Gasteiger charge is 2.17. The molecule has 3 rings (SSSR count). The number of unbranched alkanes of at least 4 members (excludes halogenated alkanes) is 3. The van der Waals surface area contributed by atoms with Gasteiger partial charge in [-0.25, -0.2) is 4.98 Å². The third-order valence-electron chi connectivity index (χ3n) is 5.03. The van der Waals surface area contributed by atoms with Crippen LogP contribution in [0.5, 0.6) is 0 Å². The van der Waals surface area contributed by atoms with Crippen molar-refractivity contribution in [3.63, 3.8) is 0 Å². The Morgan fingerprint density at radius 3 is 2.70 bits per heavy atom. The summed E-state index contributed by atoms with van der Waals surface area (Å²) in [7, 11) is 1.89. The van der Waals surface area contributed by atoms with Gasteiger partial charge in [0, 0.05) is 30.1 Å². The number of nitrogens with zero attached hydrogens (tertiary/aromatic N) is 4. The molecule has 0 amide bonds. The molecule has 0 bridgehead atoms. The maximum atomic E-state index is 12.8. The highest BCUT2D eigenvalue weighted by atomic mass is 16.1. The maximum Gasteiger partial charge on any atom is 0.181 e. The molecule has 5 nitrogen and oxygen atoms in total. The van der Waals surface area contributed by atoms with Gasteiger partial charge in [0.15, 0.2) is 5.78 Å². The minimum absolute atomic E-state index is 0.0311. The van der Waals surface area contributed by atoms with E-state index >= 15 is 0 Å². The van der Waals surface area contributed by atoms with Crippen molar-refractivity contribution in [2.24, 2.45) is 7.05 Å². The number of hydrogen-bond donors (Lipinski definition) is 0. The second-order valence-corrected chi connectivity index (χ2v) is 6.87. The Morgan fingerprint density at radius 1 is 1.22 bits per heavy atom.